The zero-order valence-corrected chi connectivity index (χ0v) is 18.6. The van der Waals surface area contributed by atoms with Crippen LogP contribution >= 0.6 is 0 Å². The fraction of sp³-hybridized carbons (Fsp3) is 0.440. The van der Waals surface area contributed by atoms with Gasteiger partial charge in [0.2, 0.25) is 0 Å². The van der Waals surface area contributed by atoms with Crippen LogP contribution in [0.4, 0.5) is 0 Å². The molecule has 6 rings (SSSR count). The van der Waals surface area contributed by atoms with Crippen LogP contribution in [0.15, 0.2) is 47.7 Å². The Balaban J connectivity index is 1.28. The van der Waals surface area contributed by atoms with Crippen LogP contribution < -0.4 is 5.69 Å². The third-order valence-electron chi connectivity index (χ3n) is 7.37. The van der Waals surface area contributed by atoms with Crippen molar-refractivity contribution in [2.75, 3.05) is 13.1 Å². The average molecular weight is 445 g/mol. The van der Waals surface area contributed by atoms with E-state index in [2.05, 4.69) is 15.0 Å². The molecule has 1 aromatic carbocycles. The van der Waals surface area contributed by atoms with Gasteiger partial charge in [0.1, 0.15) is 0 Å². The van der Waals surface area contributed by atoms with Crippen LogP contribution in [0.3, 0.4) is 0 Å². The van der Waals surface area contributed by atoms with Crippen molar-refractivity contribution in [3.05, 3.63) is 58.9 Å². The van der Waals surface area contributed by atoms with E-state index in [1.165, 1.54) is 32.1 Å². The van der Waals surface area contributed by atoms with E-state index < -0.39 is 0 Å². The minimum atomic E-state index is -0.0673. The fourth-order valence-corrected chi connectivity index (χ4v) is 5.63. The number of nitrogens with one attached hydrogen (secondary N) is 1. The number of fused-ring (bicyclic) bond motifs is 2. The molecule has 1 aliphatic heterocycles. The van der Waals surface area contributed by atoms with Gasteiger partial charge in [-0.1, -0.05) is 19.3 Å². The number of pyridine rings is 1. The fourth-order valence-electron chi connectivity index (χ4n) is 5.63. The number of carbonyl (C=O) groups is 1. The third-order valence-corrected chi connectivity index (χ3v) is 7.37. The molecule has 1 amide bonds. The molecule has 3 aromatic heterocycles. The number of rotatable bonds is 4. The van der Waals surface area contributed by atoms with E-state index in [9.17, 15) is 9.59 Å². The molecule has 1 atom stereocenters. The monoisotopic (exact) mass is 444 g/mol. The standard InChI is InChI=1S/C25H28N6O2/c32-24(18-8-9-20-21(13-18)28-16-27-20)29-12-10-19(15-29)31-23-22(7-4-11-26-23)30(25(31)33)14-17-5-2-1-3-6-17/h4,7-9,11,13,16-17,19H,1-3,5-6,10,12,14-15H2,(H,27,28)/t19-/m1/s1. The maximum Gasteiger partial charge on any atom is 0.330 e. The molecular weight excluding hydrogens is 416 g/mol. The first-order valence-electron chi connectivity index (χ1n) is 12.0. The number of benzene rings is 1. The summed E-state index contributed by atoms with van der Waals surface area (Å²) in [7, 11) is 0. The Labute approximate surface area is 191 Å². The van der Waals surface area contributed by atoms with Crippen molar-refractivity contribution in [2.24, 2.45) is 5.92 Å². The summed E-state index contributed by atoms with van der Waals surface area (Å²) in [4.78, 5) is 40.5. The maximum atomic E-state index is 13.6. The summed E-state index contributed by atoms with van der Waals surface area (Å²) < 4.78 is 3.76. The first kappa shape index (κ1) is 20.2. The van der Waals surface area contributed by atoms with Gasteiger partial charge in [-0.05, 0) is 55.5 Å². The minimum Gasteiger partial charge on any atom is -0.345 e. The number of aromatic amines is 1. The van der Waals surface area contributed by atoms with Crippen LogP contribution in [0.25, 0.3) is 22.2 Å². The summed E-state index contributed by atoms with van der Waals surface area (Å²) in [5.74, 6) is 0.538. The van der Waals surface area contributed by atoms with Crippen molar-refractivity contribution >= 4 is 28.1 Å². The third kappa shape index (κ3) is 3.53. The molecule has 0 unspecified atom stereocenters. The van der Waals surface area contributed by atoms with Crippen LogP contribution in [-0.2, 0) is 6.54 Å². The summed E-state index contributed by atoms with van der Waals surface area (Å²) in [5.41, 5.74) is 3.97. The number of nitrogens with zero attached hydrogens (tertiary/aromatic N) is 5. The van der Waals surface area contributed by atoms with E-state index in [-0.39, 0.29) is 17.6 Å². The lowest BCUT2D eigenvalue weighted by atomic mass is 9.89. The number of hydrogen-bond acceptors (Lipinski definition) is 4. The quantitative estimate of drug-likeness (QED) is 0.519. The van der Waals surface area contributed by atoms with Crippen molar-refractivity contribution in [3.8, 4) is 0 Å². The van der Waals surface area contributed by atoms with E-state index in [1.807, 2.05) is 44.4 Å². The van der Waals surface area contributed by atoms with Crippen LogP contribution in [0.5, 0.6) is 0 Å². The lowest BCUT2D eigenvalue weighted by Gasteiger charge is -2.21. The predicted octanol–water partition coefficient (Wildman–Crippen LogP) is 3.74. The lowest BCUT2D eigenvalue weighted by molar-refractivity contribution is 0.0788. The Bertz CT molecular complexity index is 1380. The Kier molecular flexibility index (Phi) is 5.00. The molecule has 1 N–H and O–H groups in total. The molecule has 0 radical (unpaired) electrons. The Hall–Kier alpha value is -3.42. The Morgan fingerprint density at radius 1 is 1.09 bits per heavy atom. The zero-order chi connectivity index (χ0) is 22.4. The molecule has 4 heterocycles. The van der Waals surface area contributed by atoms with E-state index in [0.717, 1.165) is 35.2 Å². The summed E-state index contributed by atoms with van der Waals surface area (Å²) in [6, 6.07) is 9.37. The van der Waals surface area contributed by atoms with Crippen molar-refractivity contribution in [2.45, 2.75) is 51.1 Å². The van der Waals surface area contributed by atoms with Crippen LogP contribution in [0.2, 0.25) is 0 Å². The van der Waals surface area contributed by atoms with Crippen LogP contribution in [0.1, 0.15) is 54.9 Å². The molecule has 2 aliphatic rings. The Morgan fingerprint density at radius 3 is 2.85 bits per heavy atom. The van der Waals surface area contributed by atoms with Crippen molar-refractivity contribution in [3.63, 3.8) is 0 Å². The molecule has 4 aromatic rings. The summed E-state index contributed by atoms with van der Waals surface area (Å²) >= 11 is 0. The molecule has 33 heavy (non-hydrogen) atoms. The summed E-state index contributed by atoms with van der Waals surface area (Å²) in [6.07, 6.45) is 10.3. The lowest BCUT2D eigenvalue weighted by Crippen LogP contribution is -2.33. The van der Waals surface area contributed by atoms with E-state index in [4.69, 9.17) is 0 Å². The number of carbonyl (C=O) groups excluding carboxylic acids is 1. The molecule has 8 nitrogen and oxygen atoms in total. The number of hydrogen-bond donors (Lipinski definition) is 1. The summed E-state index contributed by atoms with van der Waals surface area (Å²) in [6.45, 7) is 1.89. The second-order valence-corrected chi connectivity index (χ2v) is 9.44. The zero-order valence-electron chi connectivity index (χ0n) is 18.6. The molecule has 1 saturated heterocycles. The number of amides is 1. The molecule has 0 bridgehead atoms. The van der Waals surface area contributed by atoms with Crippen molar-refractivity contribution < 1.29 is 4.79 Å². The summed E-state index contributed by atoms with van der Waals surface area (Å²) in [5, 5.41) is 0. The predicted molar refractivity (Wildman–Crippen MR) is 126 cm³/mol. The first-order chi connectivity index (χ1) is 16.2. The largest absolute Gasteiger partial charge is 0.345 e. The Morgan fingerprint density at radius 2 is 1.97 bits per heavy atom. The van der Waals surface area contributed by atoms with Gasteiger partial charge >= 0.3 is 5.69 Å². The maximum absolute atomic E-state index is 13.6. The van der Waals surface area contributed by atoms with Crippen LogP contribution in [0, 0.1) is 5.92 Å². The van der Waals surface area contributed by atoms with Crippen LogP contribution in [-0.4, -0.2) is 48.0 Å². The molecule has 1 saturated carbocycles. The molecular formula is C25H28N6O2. The van der Waals surface area contributed by atoms with Crippen molar-refractivity contribution in [1.29, 1.82) is 0 Å². The molecule has 170 valence electrons. The second-order valence-electron chi connectivity index (χ2n) is 9.44. The van der Waals surface area contributed by atoms with Gasteiger partial charge in [0, 0.05) is 31.4 Å². The van der Waals surface area contributed by atoms with E-state index >= 15 is 0 Å². The molecule has 1 aliphatic carbocycles. The highest BCUT2D eigenvalue weighted by atomic mass is 16.2. The van der Waals surface area contributed by atoms with Gasteiger partial charge in [-0.25, -0.2) is 14.8 Å². The van der Waals surface area contributed by atoms with Crippen molar-refractivity contribution in [1.82, 2.24) is 29.0 Å². The molecule has 8 heteroatoms. The minimum absolute atomic E-state index is 0.00690. The van der Waals surface area contributed by atoms with Gasteiger partial charge in [0.25, 0.3) is 5.91 Å². The highest BCUT2D eigenvalue weighted by molar-refractivity contribution is 5.97. The number of imidazole rings is 2. The highest BCUT2D eigenvalue weighted by Crippen LogP contribution is 2.28. The van der Waals surface area contributed by atoms with E-state index in [0.29, 0.717) is 24.6 Å². The van der Waals surface area contributed by atoms with Gasteiger partial charge in [-0.3, -0.25) is 13.9 Å². The van der Waals surface area contributed by atoms with Gasteiger partial charge in [-0.2, -0.15) is 0 Å². The highest BCUT2D eigenvalue weighted by Gasteiger charge is 2.32. The number of likely N-dealkylation sites (tertiary alicyclic amines) is 1. The number of H-pyrrole nitrogens is 1. The van der Waals surface area contributed by atoms with Gasteiger partial charge in [0.05, 0.1) is 28.9 Å². The molecule has 2 fully saturated rings. The SMILES string of the molecule is O=C(c1ccc2nc[nH]c2c1)N1CC[C@@H](n2c(=O)n(CC3CCCCC3)c3cccnc32)C1. The van der Waals surface area contributed by atoms with Gasteiger partial charge in [-0.15, -0.1) is 0 Å². The van der Waals surface area contributed by atoms with E-state index in [1.54, 1.807) is 12.5 Å². The first-order valence-corrected chi connectivity index (χ1v) is 12.0. The second kappa shape index (κ2) is 8.17. The van der Waals surface area contributed by atoms with Gasteiger partial charge in [0.15, 0.2) is 5.65 Å². The normalized spacial score (nSPS) is 19.6. The number of aromatic nitrogens is 5. The topological polar surface area (TPSA) is 88.8 Å². The average Bonchev–Trinajstić information content (AvgIpc) is 3.57. The molecule has 0 spiro atoms. The van der Waals surface area contributed by atoms with Gasteiger partial charge < -0.3 is 9.88 Å². The smallest absolute Gasteiger partial charge is 0.330 e.